The molecular weight excluding hydrogens is 408 g/mol. The highest BCUT2D eigenvalue weighted by Crippen LogP contribution is 2.36. The van der Waals surface area contributed by atoms with Crippen molar-refractivity contribution in [1.82, 2.24) is 19.6 Å². The van der Waals surface area contributed by atoms with E-state index >= 15 is 0 Å². The molecule has 162 valence electrons. The van der Waals surface area contributed by atoms with Crippen molar-refractivity contribution in [2.75, 3.05) is 19.0 Å². The van der Waals surface area contributed by atoms with Crippen molar-refractivity contribution in [2.45, 2.75) is 13.8 Å². The van der Waals surface area contributed by atoms with E-state index in [1.54, 1.807) is 47.9 Å². The molecule has 0 amide bonds. The lowest BCUT2D eigenvalue weighted by atomic mass is 10.1. The second-order valence-electron chi connectivity index (χ2n) is 7.12. The predicted octanol–water partition coefficient (Wildman–Crippen LogP) is 3.13. The molecule has 0 aliphatic carbocycles. The Kier molecular flexibility index (Phi) is 5.47. The first-order valence-corrected chi connectivity index (χ1v) is 9.83. The summed E-state index contributed by atoms with van der Waals surface area (Å²) in [6.07, 6.45) is 3.20. The van der Waals surface area contributed by atoms with Crippen molar-refractivity contribution < 1.29 is 9.47 Å². The first-order valence-electron chi connectivity index (χ1n) is 9.83. The number of aromatic nitrogens is 4. The average molecular weight is 430 g/mol. The third kappa shape index (κ3) is 3.72. The Labute approximate surface area is 184 Å². The van der Waals surface area contributed by atoms with Crippen molar-refractivity contribution in [3.63, 3.8) is 0 Å². The zero-order valence-electron chi connectivity index (χ0n) is 18.2. The van der Waals surface area contributed by atoms with Crippen molar-refractivity contribution >= 4 is 23.7 Å². The lowest BCUT2D eigenvalue weighted by molar-refractivity contribution is 0.383. The van der Waals surface area contributed by atoms with Gasteiger partial charge in [-0.05, 0) is 26.0 Å². The fraction of sp³-hybridized carbons (Fsp3) is 0.227. The number of nitrogens with zero attached hydrogens (tertiary/aromatic N) is 6. The van der Waals surface area contributed by atoms with Crippen LogP contribution in [-0.2, 0) is 7.05 Å². The van der Waals surface area contributed by atoms with Crippen LogP contribution in [0.25, 0.3) is 17.1 Å². The van der Waals surface area contributed by atoms with Gasteiger partial charge in [0.25, 0.3) is 0 Å². The van der Waals surface area contributed by atoms with Gasteiger partial charge >= 0.3 is 0 Å². The van der Waals surface area contributed by atoms with Gasteiger partial charge in [0.1, 0.15) is 23.8 Å². The molecule has 1 aromatic carbocycles. The molecule has 10 nitrogen and oxygen atoms in total. The molecule has 32 heavy (non-hydrogen) atoms. The number of nitriles is 1. The van der Waals surface area contributed by atoms with Crippen LogP contribution in [0.15, 0.2) is 35.3 Å². The van der Waals surface area contributed by atoms with Gasteiger partial charge < -0.3 is 14.8 Å². The first kappa shape index (κ1) is 20.9. The summed E-state index contributed by atoms with van der Waals surface area (Å²) in [6.45, 7) is 3.92. The second-order valence-corrected chi connectivity index (χ2v) is 7.12. The number of ether oxygens (including phenoxy) is 2. The van der Waals surface area contributed by atoms with Crippen LogP contribution < -0.4 is 14.8 Å². The highest BCUT2D eigenvalue weighted by atomic mass is 16.5. The van der Waals surface area contributed by atoms with E-state index in [4.69, 9.17) is 20.1 Å². The number of hydrogen-bond acceptors (Lipinski definition) is 7. The van der Waals surface area contributed by atoms with Crippen LogP contribution in [0.2, 0.25) is 0 Å². The fourth-order valence-corrected chi connectivity index (χ4v) is 3.51. The number of anilines is 1. The van der Waals surface area contributed by atoms with E-state index < -0.39 is 0 Å². The molecule has 2 N–H and O–H groups in total. The number of rotatable bonds is 3. The number of hydrogen-bond donors (Lipinski definition) is 2. The second kappa shape index (κ2) is 8.39. The molecule has 0 saturated heterocycles. The van der Waals surface area contributed by atoms with Gasteiger partial charge in [0.05, 0.1) is 24.4 Å². The third-order valence-electron chi connectivity index (χ3n) is 4.99. The van der Waals surface area contributed by atoms with Gasteiger partial charge in [0.15, 0.2) is 23.1 Å². The maximum atomic E-state index is 9.04. The number of aliphatic imine (C=N–C) groups is 1. The fourth-order valence-electron chi connectivity index (χ4n) is 3.51. The lowest BCUT2D eigenvalue weighted by Crippen LogP contribution is -2.15. The number of aryl methyl sites for hydroxylation is 2. The topological polar surface area (TPSA) is 126 Å². The minimum atomic E-state index is 0.0878. The molecule has 0 atom stereocenters. The van der Waals surface area contributed by atoms with Gasteiger partial charge in [-0.15, -0.1) is 0 Å². The lowest BCUT2D eigenvalue weighted by Gasteiger charge is -2.13. The Bertz CT molecular complexity index is 1290. The van der Waals surface area contributed by atoms with Crippen molar-refractivity contribution in [3.8, 4) is 28.8 Å². The summed E-state index contributed by atoms with van der Waals surface area (Å²) in [7, 11) is 3.37. The Morgan fingerprint density at radius 2 is 1.97 bits per heavy atom. The molecule has 0 radical (unpaired) electrons. The van der Waals surface area contributed by atoms with Gasteiger partial charge in [-0.2, -0.15) is 15.5 Å². The predicted molar refractivity (Wildman–Crippen MR) is 121 cm³/mol. The molecule has 2 aromatic heterocycles. The summed E-state index contributed by atoms with van der Waals surface area (Å²) < 4.78 is 14.7. The van der Waals surface area contributed by atoms with Gasteiger partial charge in [-0.3, -0.25) is 5.41 Å². The molecule has 0 spiro atoms. The SMILES string of the molecule is COc1c(C)nn(C2=C/C(=N)Nc3c(c(-c4ccc(C#N)cc4)nn3C)OC/C=N\2)c1C. The monoisotopic (exact) mass is 430 g/mol. The molecular formula is C22H22N8O2. The maximum absolute atomic E-state index is 9.04. The summed E-state index contributed by atoms with van der Waals surface area (Å²) in [5, 5.41) is 29.6. The summed E-state index contributed by atoms with van der Waals surface area (Å²) in [4.78, 5) is 4.47. The van der Waals surface area contributed by atoms with E-state index in [0.717, 1.165) is 17.0 Å². The molecule has 0 bridgehead atoms. The maximum Gasteiger partial charge on any atom is 0.190 e. The molecule has 3 aromatic rings. The Morgan fingerprint density at radius 3 is 2.62 bits per heavy atom. The molecule has 0 unspecified atom stereocenters. The Balaban J connectivity index is 1.73. The minimum absolute atomic E-state index is 0.0878. The van der Waals surface area contributed by atoms with Crippen molar-refractivity contribution in [2.24, 2.45) is 12.0 Å². The van der Waals surface area contributed by atoms with Crippen LogP contribution in [-0.4, -0.2) is 45.3 Å². The smallest absolute Gasteiger partial charge is 0.190 e. The highest BCUT2D eigenvalue weighted by Gasteiger charge is 2.21. The van der Waals surface area contributed by atoms with E-state index in [-0.39, 0.29) is 12.4 Å². The molecule has 3 heterocycles. The van der Waals surface area contributed by atoms with Gasteiger partial charge in [0.2, 0.25) is 0 Å². The molecule has 1 aliphatic heterocycles. The van der Waals surface area contributed by atoms with Crippen LogP contribution in [0.3, 0.4) is 0 Å². The zero-order valence-corrected chi connectivity index (χ0v) is 18.2. The summed E-state index contributed by atoms with van der Waals surface area (Å²) in [5.74, 6) is 2.25. The highest BCUT2D eigenvalue weighted by molar-refractivity contribution is 6.05. The molecule has 0 fully saturated rings. The Hall–Kier alpha value is -4.39. The van der Waals surface area contributed by atoms with Crippen LogP contribution in [0.1, 0.15) is 17.0 Å². The quantitative estimate of drug-likeness (QED) is 0.657. The largest absolute Gasteiger partial charge is 0.493 e. The van der Waals surface area contributed by atoms with E-state index in [1.807, 2.05) is 26.0 Å². The molecule has 10 heteroatoms. The standard InChI is InChI=1S/C22H22N8O2/c1-13-20(31-4)14(2)30(27-13)18-11-17(24)26-22-21(32-10-9-25-18)19(28-29(22)3)16-7-5-15(12-23)6-8-16/h5-9,11H,10H2,1-4H3,(H2,24,26)/b18-11+,25-9-. The van der Waals surface area contributed by atoms with Gasteiger partial charge in [-0.25, -0.2) is 14.4 Å². The van der Waals surface area contributed by atoms with Crippen LogP contribution >= 0.6 is 0 Å². The number of fused-ring (bicyclic) bond motifs is 1. The number of methoxy groups -OCH3 is 1. The van der Waals surface area contributed by atoms with Crippen LogP contribution in [0, 0.1) is 30.6 Å². The normalized spacial score (nSPS) is 16.1. The summed E-state index contributed by atoms with van der Waals surface area (Å²) in [5.41, 5.74) is 3.48. The van der Waals surface area contributed by atoms with Crippen molar-refractivity contribution in [1.29, 1.82) is 10.7 Å². The Morgan fingerprint density at radius 1 is 1.22 bits per heavy atom. The first-order chi connectivity index (χ1) is 15.4. The molecule has 4 rings (SSSR count). The summed E-state index contributed by atoms with van der Waals surface area (Å²) >= 11 is 0. The minimum Gasteiger partial charge on any atom is -0.493 e. The summed E-state index contributed by atoms with van der Waals surface area (Å²) in [6, 6.07) is 9.19. The van der Waals surface area contributed by atoms with Gasteiger partial charge in [0, 0.05) is 24.9 Å². The van der Waals surface area contributed by atoms with E-state index in [1.165, 1.54) is 0 Å². The van der Waals surface area contributed by atoms with Crippen LogP contribution in [0.4, 0.5) is 5.82 Å². The third-order valence-corrected chi connectivity index (χ3v) is 4.99. The van der Waals surface area contributed by atoms with E-state index in [2.05, 4.69) is 26.6 Å². The zero-order chi connectivity index (χ0) is 22.8. The molecule has 0 saturated carbocycles. The number of nitrogens with one attached hydrogen (secondary N) is 2. The molecule has 1 aliphatic rings. The van der Waals surface area contributed by atoms with E-state index in [9.17, 15) is 0 Å². The van der Waals surface area contributed by atoms with Crippen molar-refractivity contribution in [3.05, 3.63) is 47.3 Å². The number of benzene rings is 1. The average Bonchev–Trinajstić information content (AvgIpc) is 3.25. The van der Waals surface area contributed by atoms with Crippen LogP contribution in [0.5, 0.6) is 11.5 Å². The number of amidine groups is 1. The van der Waals surface area contributed by atoms with Gasteiger partial charge in [-0.1, -0.05) is 12.1 Å². The van der Waals surface area contributed by atoms with E-state index in [0.29, 0.717) is 34.4 Å².